The number of allylic oxidation sites excluding steroid dienone is 1. The smallest absolute Gasteiger partial charge is 0.337 e. The molecule has 9 nitrogen and oxygen atoms in total. The van der Waals surface area contributed by atoms with Crippen LogP contribution in [0.2, 0.25) is 0 Å². The fraction of sp³-hybridized carbons (Fsp3) is 0.190. The third-order valence-electron chi connectivity index (χ3n) is 4.88. The Morgan fingerprint density at radius 3 is 2.60 bits per heavy atom. The minimum Gasteiger partial charge on any atom is -0.465 e. The molecule has 0 saturated carbocycles. The molecular formula is C21H20N6O3. The van der Waals surface area contributed by atoms with Gasteiger partial charge >= 0.3 is 5.97 Å². The second kappa shape index (κ2) is 7.78. The number of carbonyl (C=O) groups excluding carboxylic acids is 2. The maximum absolute atomic E-state index is 13.3. The van der Waals surface area contributed by atoms with E-state index in [1.807, 2.05) is 31.2 Å². The van der Waals surface area contributed by atoms with Gasteiger partial charge in [-0.25, -0.2) is 4.79 Å². The van der Waals surface area contributed by atoms with Crippen molar-refractivity contribution in [2.45, 2.75) is 19.9 Å². The number of fused-ring (bicyclic) bond motifs is 1. The second-order valence-electron chi connectivity index (χ2n) is 6.95. The molecule has 2 N–H and O–H groups in total. The Hall–Kier alpha value is -4.01. The summed E-state index contributed by atoms with van der Waals surface area (Å²) >= 11 is 0. The lowest BCUT2D eigenvalue weighted by molar-refractivity contribution is -0.113. The molecule has 152 valence electrons. The molecule has 0 fully saturated rings. The van der Waals surface area contributed by atoms with Gasteiger partial charge in [0.15, 0.2) is 0 Å². The summed E-state index contributed by atoms with van der Waals surface area (Å²) in [6, 6.07) is 13.8. The quantitative estimate of drug-likeness (QED) is 0.643. The number of ether oxygens (including phenoxy) is 1. The van der Waals surface area contributed by atoms with Crippen LogP contribution in [0.5, 0.6) is 0 Å². The Labute approximate surface area is 172 Å². The SMILES string of the molecule is COC(=O)c1ccc(C2C(C(=O)Nc3cccc(C)c3)=C(C)Nc3nnnn32)cc1. The van der Waals surface area contributed by atoms with Crippen LogP contribution in [0, 0.1) is 6.92 Å². The van der Waals surface area contributed by atoms with Gasteiger partial charge in [0.25, 0.3) is 5.91 Å². The molecule has 1 atom stereocenters. The first-order valence-corrected chi connectivity index (χ1v) is 9.30. The number of benzene rings is 2. The van der Waals surface area contributed by atoms with Crippen molar-refractivity contribution in [2.75, 3.05) is 17.7 Å². The van der Waals surface area contributed by atoms with Crippen LogP contribution in [-0.2, 0) is 9.53 Å². The van der Waals surface area contributed by atoms with E-state index in [-0.39, 0.29) is 5.91 Å². The Morgan fingerprint density at radius 2 is 1.90 bits per heavy atom. The van der Waals surface area contributed by atoms with Crippen LogP contribution in [0.1, 0.15) is 34.5 Å². The number of hydrogen-bond acceptors (Lipinski definition) is 7. The number of nitrogens with one attached hydrogen (secondary N) is 2. The van der Waals surface area contributed by atoms with Crippen molar-refractivity contribution in [2.24, 2.45) is 0 Å². The van der Waals surface area contributed by atoms with E-state index in [1.54, 1.807) is 35.9 Å². The normalized spacial score (nSPS) is 15.2. The maximum atomic E-state index is 13.3. The second-order valence-corrected chi connectivity index (χ2v) is 6.95. The first kappa shape index (κ1) is 19.3. The first-order valence-electron chi connectivity index (χ1n) is 9.30. The van der Waals surface area contributed by atoms with Crippen LogP contribution in [0.25, 0.3) is 0 Å². The van der Waals surface area contributed by atoms with Crippen molar-refractivity contribution in [3.8, 4) is 0 Å². The van der Waals surface area contributed by atoms with Crippen molar-refractivity contribution in [3.05, 3.63) is 76.5 Å². The van der Waals surface area contributed by atoms with Crippen LogP contribution in [0.3, 0.4) is 0 Å². The number of esters is 1. The summed E-state index contributed by atoms with van der Waals surface area (Å²) in [6.07, 6.45) is 0. The predicted molar refractivity (Wildman–Crippen MR) is 110 cm³/mol. The summed E-state index contributed by atoms with van der Waals surface area (Å²) in [4.78, 5) is 25.0. The van der Waals surface area contributed by atoms with Crippen LogP contribution in [0.15, 0.2) is 59.8 Å². The van der Waals surface area contributed by atoms with Gasteiger partial charge in [0.05, 0.1) is 18.2 Å². The number of aryl methyl sites for hydroxylation is 1. The fourth-order valence-electron chi connectivity index (χ4n) is 3.46. The van der Waals surface area contributed by atoms with Gasteiger partial charge in [-0.2, -0.15) is 4.68 Å². The highest BCUT2D eigenvalue weighted by atomic mass is 16.5. The molecule has 2 heterocycles. The fourth-order valence-corrected chi connectivity index (χ4v) is 3.46. The molecule has 0 radical (unpaired) electrons. The lowest BCUT2D eigenvalue weighted by atomic mass is 9.94. The van der Waals surface area contributed by atoms with Gasteiger partial charge in [0.2, 0.25) is 5.95 Å². The molecule has 0 bridgehead atoms. The zero-order valence-corrected chi connectivity index (χ0v) is 16.7. The molecule has 1 aliphatic rings. The summed E-state index contributed by atoms with van der Waals surface area (Å²) in [5.41, 5.74) is 4.03. The van der Waals surface area contributed by atoms with Crippen molar-refractivity contribution < 1.29 is 14.3 Å². The molecular weight excluding hydrogens is 384 g/mol. The van der Waals surface area contributed by atoms with Crippen LogP contribution >= 0.6 is 0 Å². The average Bonchev–Trinajstić information content (AvgIpc) is 3.20. The molecule has 4 rings (SSSR count). The number of rotatable bonds is 4. The van der Waals surface area contributed by atoms with Crippen molar-refractivity contribution in [1.82, 2.24) is 20.2 Å². The van der Waals surface area contributed by atoms with Gasteiger partial charge in [-0.15, -0.1) is 0 Å². The molecule has 0 saturated heterocycles. The van der Waals surface area contributed by atoms with Crippen molar-refractivity contribution >= 4 is 23.5 Å². The Kier molecular flexibility index (Phi) is 5.01. The van der Waals surface area contributed by atoms with Gasteiger partial charge in [0, 0.05) is 11.4 Å². The lowest BCUT2D eigenvalue weighted by Gasteiger charge is -2.28. The third-order valence-corrected chi connectivity index (χ3v) is 4.88. The Morgan fingerprint density at radius 1 is 1.13 bits per heavy atom. The van der Waals surface area contributed by atoms with E-state index in [0.717, 1.165) is 11.1 Å². The summed E-state index contributed by atoms with van der Waals surface area (Å²) in [5, 5.41) is 17.8. The summed E-state index contributed by atoms with van der Waals surface area (Å²) < 4.78 is 6.30. The summed E-state index contributed by atoms with van der Waals surface area (Å²) in [5.74, 6) is -0.269. The lowest BCUT2D eigenvalue weighted by Crippen LogP contribution is -2.31. The van der Waals surface area contributed by atoms with Gasteiger partial charge in [0.1, 0.15) is 6.04 Å². The molecule has 30 heavy (non-hydrogen) atoms. The monoisotopic (exact) mass is 404 g/mol. The number of methoxy groups -OCH3 is 1. The number of anilines is 2. The van der Waals surface area contributed by atoms with Crippen molar-refractivity contribution in [3.63, 3.8) is 0 Å². The van der Waals surface area contributed by atoms with Crippen LogP contribution < -0.4 is 10.6 Å². The van der Waals surface area contributed by atoms with Gasteiger partial charge in [-0.3, -0.25) is 4.79 Å². The molecule has 0 aliphatic carbocycles. The largest absolute Gasteiger partial charge is 0.465 e. The van der Waals surface area contributed by atoms with E-state index >= 15 is 0 Å². The first-order chi connectivity index (χ1) is 14.5. The third kappa shape index (κ3) is 3.52. The number of nitrogens with zero attached hydrogens (tertiary/aromatic N) is 4. The number of aromatic nitrogens is 4. The van der Waals surface area contributed by atoms with Crippen LogP contribution in [-0.4, -0.2) is 39.2 Å². The molecule has 0 spiro atoms. The number of amides is 1. The maximum Gasteiger partial charge on any atom is 0.337 e. The highest BCUT2D eigenvalue weighted by Gasteiger charge is 2.34. The molecule has 3 aromatic rings. The van der Waals surface area contributed by atoms with E-state index in [2.05, 4.69) is 26.2 Å². The van der Waals surface area contributed by atoms with Gasteiger partial charge in [-0.05, 0) is 59.7 Å². The number of carbonyl (C=O) groups is 2. The molecule has 9 heteroatoms. The topological polar surface area (TPSA) is 111 Å². The van der Waals surface area contributed by atoms with Crippen LogP contribution in [0.4, 0.5) is 11.6 Å². The van der Waals surface area contributed by atoms with E-state index in [9.17, 15) is 9.59 Å². The molecule has 2 aromatic carbocycles. The average molecular weight is 404 g/mol. The van der Waals surface area contributed by atoms with Gasteiger partial charge < -0.3 is 15.4 Å². The number of tetrazole rings is 1. The Balaban J connectivity index is 1.73. The standard InChI is InChI=1S/C21H20N6O3/c1-12-5-4-6-16(11-12)23-19(28)17-13(2)22-21-24-25-26-27(21)18(17)14-7-9-15(10-8-14)20(29)30-3/h4-11,18H,1-3H3,(H,23,28)(H,22,24,26). The summed E-state index contributed by atoms with van der Waals surface area (Å²) in [7, 11) is 1.33. The zero-order chi connectivity index (χ0) is 21.3. The minimum atomic E-state index is -0.562. The van der Waals surface area contributed by atoms with E-state index in [1.165, 1.54) is 7.11 Å². The predicted octanol–water partition coefficient (Wildman–Crippen LogP) is 2.70. The minimum absolute atomic E-state index is 0.270. The molecule has 1 amide bonds. The number of hydrogen-bond donors (Lipinski definition) is 2. The van der Waals surface area contributed by atoms with E-state index in [4.69, 9.17) is 4.74 Å². The van der Waals surface area contributed by atoms with Gasteiger partial charge in [-0.1, -0.05) is 29.4 Å². The molecule has 1 aromatic heterocycles. The summed E-state index contributed by atoms with van der Waals surface area (Å²) in [6.45, 7) is 3.76. The Bertz CT molecular complexity index is 1150. The van der Waals surface area contributed by atoms with Crippen molar-refractivity contribution in [1.29, 1.82) is 0 Å². The zero-order valence-electron chi connectivity index (χ0n) is 16.7. The molecule has 1 unspecified atom stereocenters. The highest BCUT2D eigenvalue weighted by molar-refractivity contribution is 6.06. The highest BCUT2D eigenvalue weighted by Crippen LogP contribution is 2.35. The van der Waals surface area contributed by atoms with E-state index in [0.29, 0.717) is 28.5 Å². The van der Waals surface area contributed by atoms with E-state index < -0.39 is 12.0 Å². The molecule has 1 aliphatic heterocycles.